The van der Waals surface area contributed by atoms with Gasteiger partial charge in [0.1, 0.15) is 6.10 Å². The molecule has 6 aromatic carbocycles. The van der Waals surface area contributed by atoms with Crippen LogP contribution in [0.5, 0.6) is 0 Å². The van der Waals surface area contributed by atoms with Crippen molar-refractivity contribution in [3.63, 3.8) is 0 Å². The van der Waals surface area contributed by atoms with Crippen molar-refractivity contribution in [2.75, 3.05) is 0 Å². The molecule has 0 amide bonds. The van der Waals surface area contributed by atoms with Crippen molar-refractivity contribution in [2.24, 2.45) is 0 Å². The third-order valence-corrected chi connectivity index (χ3v) is 14.9. The summed E-state index contributed by atoms with van der Waals surface area (Å²) in [5, 5.41) is 17.6. The molecule has 12 rings (SSSR count). The summed E-state index contributed by atoms with van der Waals surface area (Å²) in [7, 11) is 0. The highest BCUT2D eigenvalue weighted by Crippen LogP contribution is 2.58. The van der Waals surface area contributed by atoms with Gasteiger partial charge in [-0.3, -0.25) is 14.4 Å². The SMILES string of the molecule is O=C1C(=Cc2cc3cc4c(cc3s2)-c2cc3sc(/C=C5/C(=O)c6cc7ccccc7cc6C5O)cc3cc2C42CCCCC2)C(=O)c2cc3ccccc3cc21. The van der Waals surface area contributed by atoms with Crippen molar-refractivity contribution < 1.29 is 19.5 Å². The first-order valence-electron chi connectivity index (χ1n) is 19.3. The predicted molar refractivity (Wildman–Crippen MR) is 228 cm³/mol. The predicted octanol–water partition coefficient (Wildman–Crippen LogP) is 12.4. The van der Waals surface area contributed by atoms with E-state index in [1.807, 2.05) is 78.9 Å². The fourth-order valence-electron chi connectivity index (χ4n) is 10.1. The number of benzene rings is 6. The van der Waals surface area contributed by atoms with E-state index in [1.165, 1.54) is 41.5 Å². The molecule has 4 nitrogen and oxygen atoms in total. The number of hydrogen-bond donors (Lipinski definition) is 1. The summed E-state index contributed by atoms with van der Waals surface area (Å²) < 4.78 is 2.29. The third-order valence-electron chi connectivity index (χ3n) is 12.8. The first kappa shape index (κ1) is 32.5. The lowest BCUT2D eigenvalue weighted by atomic mass is 9.67. The third kappa shape index (κ3) is 4.52. The summed E-state index contributed by atoms with van der Waals surface area (Å²) in [6, 6.07) is 37.1. The maximum Gasteiger partial charge on any atom is 0.197 e. The molecule has 4 aliphatic rings. The molecule has 1 fully saturated rings. The molecule has 1 spiro atoms. The van der Waals surface area contributed by atoms with E-state index in [9.17, 15) is 19.5 Å². The second kappa shape index (κ2) is 11.6. The zero-order valence-corrected chi connectivity index (χ0v) is 31.8. The number of hydrogen-bond acceptors (Lipinski definition) is 6. The topological polar surface area (TPSA) is 71.4 Å². The van der Waals surface area contributed by atoms with E-state index >= 15 is 0 Å². The fraction of sp³-hybridized carbons (Fsp3) is 0.140. The molecule has 6 heteroatoms. The van der Waals surface area contributed by atoms with Crippen molar-refractivity contribution in [1.82, 2.24) is 0 Å². The first-order chi connectivity index (χ1) is 27.3. The Bertz CT molecular complexity index is 3140. The van der Waals surface area contributed by atoms with Crippen LogP contribution in [0.25, 0.3) is 65.0 Å². The van der Waals surface area contributed by atoms with Crippen LogP contribution in [0.4, 0.5) is 0 Å². The van der Waals surface area contributed by atoms with Crippen LogP contribution >= 0.6 is 22.7 Å². The number of aliphatic hydroxyl groups excluding tert-OH is 1. The van der Waals surface area contributed by atoms with Crippen molar-refractivity contribution in [2.45, 2.75) is 43.6 Å². The summed E-state index contributed by atoms with van der Waals surface area (Å²) >= 11 is 3.28. The van der Waals surface area contributed by atoms with Crippen LogP contribution in [0, 0.1) is 0 Å². The average Bonchev–Trinajstić information content (AvgIpc) is 3.98. The fourth-order valence-corrected chi connectivity index (χ4v) is 12.2. The number of ketones is 3. The minimum atomic E-state index is -0.955. The molecule has 1 unspecified atom stereocenters. The van der Waals surface area contributed by atoms with Gasteiger partial charge in [0.15, 0.2) is 17.3 Å². The Labute approximate surface area is 330 Å². The molecule has 0 bridgehead atoms. The smallest absolute Gasteiger partial charge is 0.197 e. The van der Waals surface area contributed by atoms with Crippen LogP contribution in [0.2, 0.25) is 0 Å². The van der Waals surface area contributed by atoms with Crippen LogP contribution < -0.4 is 0 Å². The van der Waals surface area contributed by atoms with Crippen molar-refractivity contribution in [1.29, 1.82) is 0 Å². The van der Waals surface area contributed by atoms with Gasteiger partial charge in [0.2, 0.25) is 0 Å². The molecular formula is C50H32O4S2. The van der Waals surface area contributed by atoms with E-state index in [2.05, 4.69) is 36.4 Å². The number of thiophene rings is 2. The summed E-state index contributed by atoms with van der Waals surface area (Å²) in [6.45, 7) is 0. The quantitative estimate of drug-likeness (QED) is 0.141. The number of carbonyl (C=O) groups is 3. The Kier molecular flexibility index (Phi) is 6.73. The van der Waals surface area contributed by atoms with Gasteiger partial charge in [0, 0.05) is 46.8 Å². The van der Waals surface area contributed by atoms with Crippen molar-refractivity contribution in [3.8, 4) is 11.1 Å². The largest absolute Gasteiger partial charge is 0.383 e. The van der Waals surface area contributed by atoms with Gasteiger partial charge in [-0.05, 0) is 146 Å². The summed E-state index contributed by atoms with van der Waals surface area (Å²) in [4.78, 5) is 42.7. The van der Waals surface area contributed by atoms with E-state index in [-0.39, 0.29) is 28.3 Å². The van der Waals surface area contributed by atoms with E-state index in [0.29, 0.717) is 27.8 Å². The Hall–Kier alpha value is -5.79. The molecule has 2 aromatic heterocycles. The second-order valence-corrected chi connectivity index (χ2v) is 18.1. The van der Waals surface area contributed by atoms with Crippen LogP contribution in [-0.4, -0.2) is 22.5 Å². The molecule has 56 heavy (non-hydrogen) atoms. The highest BCUT2D eigenvalue weighted by molar-refractivity contribution is 7.20. The number of Topliss-reactive ketones (excluding diaryl/α,β-unsaturated/α-hetero) is 3. The van der Waals surface area contributed by atoms with Crippen molar-refractivity contribution in [3.05, 3.63) is 163 Å². The summed E-state index contributed by atoms with van der Waals surface area (Å²) in [5.41, 5.74) is 8.12. The van der Waals surface area contributed by atoms with E-state index in [4.69, 9.17) is 0 Å². The molecule has 4 aliphatic carbocycles. The molecule has 268 valence electrons. The number of aliphatic hydroxyl groups is 1. The molecule has 0 saturated heterocycles. The minimum absolute atomic E-state index is 0.0747. The number of fused-ring (bicyclic) bond motifs is 11. The highest BCUT2D eigenvalue weighted by Gasteiger charge is 2.44. The van der Waals surface area contributed by atoms with Gasteiger partial charge in [-0.1, -0.05) is 67.8 Å². The van der Waals surface area contributed by atoms with Gasteiger partial charge in [-0.15, -0.1) is 22.7 Å². The van der Waals surface area contributed by atoms with Gasteiger partial charge in [0.25, 0.3) is 0 Å². The maximum absolute atomic E-state index is 13.6. The lowest BCUT2D eigenvalue weighted by molar-refractivity contribution is 0.0986. The molecule has 1 N–H and O–H groups in total. The minimum Gasteiger partial charge on any atom is -0.383 e. The van der Waals surface area contributed by atoms with E-state index in [1.54, 1.807) is 28.7 Å². The van der Waals surface area contributed by atoms with Gasteiger partial charge >= 0.3 is 0 Å². The summed E-state index contributed by atoms with van der Waals surface area (Å²) in [6.07, 6.45) is 8.50. The molecular weight excluding hydrogens is 729 g/mol. The maximum atomic E-state index is 13.6. The monoisotopic (exact) mass is 760 g/mol. The molecule has 8 aromatic rings. The van der Waals surface area contributed by atoms with Gasteiger partial charge in [-0.2, -0.15) is 0 Å². The van der Waals surface area contributed by atoms with Gasteiger partial charge in [0.05, 0.1) is 5.57 Å². The Morgan fingerprint density at radius 3 is 1.57 bits per heavy atom. The Morgan fingerprint density at radius 1 is 0.518 bits per heavy atom. The molecule has 0 radical (unpaired) electrons. The van der Waals surface area contributed by atoms with Gasteiger partial charge in [-0.25, -0.2) is 0 Å². The lowest BCUT2D eigenvalue weighted by Crippen LogP contribution is -2.28. The first-order valence-corrected chi connectivity index (χ1v) is 20.9. The van der Waals surface area contributed by atoms with Crippen LogP contribution in [0.15, 0.2) is 120 Å². The molecule has 1 saturated carbocycles. The molecule has 1 atom stereocenters. The molecule has 2 heterocycles. The second-order valence-electron chi connectivity index (χ2n) is 15.9. The normalized spacial score (nSPS) is 18.9. The van der Waals surface area contributed by atoms with E-state index in [0.717, 1.165) is 64.3 Å². The average molecular weight is 761 g/mol. The van der Waals surface area contributed by atoms with Gasteiger partial charge < -0.3 is 5.11 Å². The highest BCUT2D eigenvalue weighted by atomic mass is 32.1. The zero-order valence-electron chi connectivity index (χ0n) is 30.1. The Morgan fingerprint density at radius 2 is 1.02 bits per heavy atom. The Balaban J connectivity index is 0.937. The number of allylic oxidation sites excluding steroid dienone is 1. The standard InChI is InChI=1S/C50H32O4S2/c51-46-36-16-26-8-2-3-9-27(26)17-37(36)47(52)40(46)22-32-14-30-20-42-34(24-44(30)55-32)35-25-45-31(21-43(35)50(42)12-6-1-7-13-50)15-33(56-45)23-41-48(53)38-18-28-10-4-5-11-29(28)19-39(38)49(41)54/h2-5,8-11,14-25,46,51H,1,6-7,12-13H2/b40-22+. The zero-order chi connectivity index (χ0) is 37.4. The van der Waals surface area contributed by atoms with Crippen LogP contribution in [0.1, 0.15) is 95.7 Å². The number of rotatable bonds is 2. The lowest BCUT2D eigenvalue weighted by Gasteiger charge is -2.36. The molecule has 0 aliphatic heterocycles. The van der Waals surface area contributed by atoms with Crippen LogP contribution in [0.3, 0.4) is 0 Å². The number of carbonyl (C=O) groups excluding carboxylic acids is 3. The van der Waals surface area contributed by atoms with Crippen LogP contribution in [-0.2, 0) is 5.41 Å². The summed E-state index contributed by atoms with van der Waals surface area (Å²) in [5.74, 6) is -0.514. The van der Waals surface area contributed by atoms with E-state index < -0.39 is 6.10 Å². The van der Waals surface area contributed by atoms with Crippen molar-refractivity contribution >= 4 is 93.9 Å².